The lowest BCUT2D eigenvalue weighted by atomic mass is 10.0. The molecule has 0 saturated carbocycles. The number of nitrogens with one attached hydrogen (secondary N) is 1. The molecule has 7 nitrogen and oxygen atoms in total. The fraction of sp³-hybridized carbons (Fsp3) is 0.238. The van der Waals surface area contributed by atoms with Crippen molar-refractivity contribution < 1.29 is 23.9 Å². The van der Waals surface area contributed by atoms with E-state index in [2.05, 4.69) is 10.1 Å². The molecule has 3 amide bonds. The van der Waals surface area contributed by atoms with Crippen molar-refractivity contribution in [1.82, 2.24) is 4.90 Å². The largest absolute Gasteiger partial charge is 0.465 e. The van der Waals surface area contributed by atoms with E-state index >= 15 is 0 Å². The van der Waals surface area contributed by atoms with Gasteiger partial charge in [0.05, 0.1) is 23.8 Å². The van der Waals surface area contributed by atoms with E-state index in [4.69, 9.17) is 0 Å². The van der Waals surface area contributed by atoms with Crippen molar-refractivity contribution >= 4 is 29.4 Å². The average Bonchev–Trinajstić information content (AvgIpc) is 2.93. The van der Waals surface area contributed by atoms with Crippen LogP contribution in [0.15, 0.2) is 48.5 Å². The van der Waals surface area contributed by atoms with Crippen LogP contribution in [0.1, 0.15) is 44.9 Å². The standard InChI is InChI=1S/C21H20N2O5/c1-12(2)17(23-19(25)15-6-4-5-7-16(15)20(23)26)18(24)22-14-10-8-13(9-11-14)21(27)28-3/h4-12,17H,1-3H3,(H,22,24)/t17-/m0/s1. The molecule has 0 radical (unpaired) electrons. The summed E-state index contributed by atoms with van der Waals surface area (Å²) in [6, 6.07) is 11.7. The van der Waals surface area contributed by atoms with Gasteiger partial charge < -0.3 is 10.1 Å². The van der Waals surface area contributed by atoms with E-state index in [0.29, 0.717) is 22.4 Å². The van der Waals surface area contributed by atoms with Gasteiger partial charge in [-0.1, -0.05) is 26.0 Å². The Hall–Kier alpha value is -3.48. The van der Waals surface area contributed by atoms with Crippen LogP contribution in [0.25, 0.3) is 0 Å². The topological polar surface area (TPSA) is 92.8 Å². The zero-order valence-corrected chi connectivity index (χ0v) is 15.8. The summed E-state index contributed by atoms with van der Waals surface area (Å²) in [6.45, 7) is 3.54. The van der Waals surface area contributed by atoms with Crippen molar-refractivity contribution in [3.8, 4) is 0 Å². The Kier molecular flexibility index (Phi) is 5.26. The number of ether oxygens (including phenoxy) is 1. The second kappa shape index (κ2) is 7.64. The highest BCUT2D eigenvalue weighted by Crippen LogP contribution is 2.27. The number of anilines is 1. The van der Waals surface area contributed by atoms with E-state index in [1.54, 1.807) is 50.2 Å². The third kappa shape index (κ3) is 3.38. The van der Waals surface area contributed by atoms with E-state index in [1.165, 1.54) is 19.2 Å². The van der Waals surface area contributed by atoms with Crippen molar-refractivity contribution in [3.63, 3.8) is 0 Å². The van der Waals surface area contributed by atoms with Gasteiger partial charge in [-0.15, -0.1) is 0 Å². The Bertz CT molecular complexity index is 915. The minimum absolute atomic E-state index is 0.295. The number of rotatable bonds is 5. The smallest absolute Gasteiger partial charge is 0.337 e. The summed E-state index contributed by atoms with van der Waals surface area (Å²) in [7, 11) is 1.29. The highest BCUT2D eigenvalue weighted by Gasteiger charge is 2.43. The normalized spacial score (nSPS) is 14.1. The lowest BCUT2D eigenvalue weighted by Gasteiger charge is -2.28. The molecule has 0 unspecified atom stereocenters. The second-order valence-electron chi connectivity index (χ2n) is 6.77. The number of carbonyl (C=O) groups excluding carboxylic acids is 4. The molecule has 0 fully saturated rings. The van der Waals surface area contributed by atoms with Crippen LogP contribution in [0.5, 0.6) is 0 Å². The molecule has 2 aromatic rings. The van der Waals surface area contributed by atoms with Crippen molar-refractivity contribution in [3.05, 3.63) is 65.2 Å². The van der Waals surface area contributed by atoms with Crippen molar-refractivity contribution in [2.24, 2.45) is 5.92 Å². The van der Waals surface area contributed by atoms with Gasteiger partial charge in [-0.3, -0.25) is 19.3 Å². The lowest BCUT2D eigenvalue weighted by Crippen LogP contribution is -2.50. The van der Waals surface area contributed by atoms with Gasteiger partial charge in [0.1, 0.15) is 6.04 Å². The molecule has 1 N–H and O–H groups in total. The molecule has 0 bridgehead atoms. The minimum Gasteiger partial charge on any atom is -0.465 e. The number of hydrogen-bond acceptors (Lipinski definition) is 5. The van der Waals surface area contributed by atoms with Gasteiger partial charge in [0.15, 0.2) is 0 Å². The fourth-order valence-electron chi connectivity index (χ4n) is 3.20. The molecule has 1 heterocycles. The summed E-state index contributed by atoms with van der Waals surface area (Å²) < 4.78 is 4.64. The Morgan fingerprint density at radius 1 is 0.929 bits per heavy atom. The first-order valence-electron chi connectivity index (χ1n) is 8.81. The molecule has 1 aliphatic heterocycles. The summed E-state index contributed by atoms with van der Waals surface area (Å²) in [4.78, 5) is 50.9. The SMILES string of the molecule is COC(=O)c1ccc(NC(=O)[C@H](C(C)C)N2C(=O)c3ccccc3C2=O)cc1. The molecule has 144 valence electrons. The number of fused-ring (bicyclic) bond motifs is 1. The molecule has 7 heteroatoms. The van der Waals surface area contributed by atoms with Gasteiger partial charge in [-0.25, -0.2) is 4.79 Å². The summed E-state index contributed by atoms with van der Waals surface area (Å²) >= 11 is 0. The summed E-state index contributed by atoms with van der Waals surface area (Å²) in [5, 5.41) is 2.72. The molecule has 0 aromatic heterocycles. The Morgan fingerprint density at radius 2 is 1.46 bits per heavy atom. The van der Waals surface area contributed by atoms with Gasteiger partial charge in [0.2, 0.25) is 5.91 Å². The van der Waals surface area contributed by atoms with Crippen LogP contribution in [-0.4, -0.2) is 41.7 Å². The van der Waals surface area contributed by atoms with E-state index < -0.39 is 29.7 Å². The monoisotopic (exact) mass is 380 g/mol. The van der Waals surface area contributed by atoms with E-state index in [0.717, 1.165) is 4.90 Å². The van der Waals surface area contributed by atoms with Gasteiger partial charge in [-0.2, -0.15) is 0 Å². The number of imide groups is 1. The first kappa shape index (κ1) is 19.3. The Labute approximate surface area is 162 Å². The highest BCUT2D eigenvalue weighted by molar-refractivity contribution is 6.23. The maximum absolute atomic E-state index is 12.9. The molecule has 1 aliphatic rings. The first-order chi connectivity index (χ1) is 13.3. The molecule has 0 saturated heterocycles. The van der Waals surface area contributed by atoms with E-state index in [-0.39, 0.29) is 5.92 Å². The number of carbonyl (C=O) groups is 4. The summed E-state index contributed by atoms with van der Waals surface area (Å²) in [5.74, 6) is -2.21. The summed E-state index contributed by atoms with van der Waals surface area (Å²) in [5.41, 5.74) is 1.39. The third-order valence-electron chi connectivity index (χ3n) is 4.58. The first-order valence-corrected chi connectivity index (χ1v) is 8.81. The van der Waals surface area contributed by atoms with Crippen LogP contribution in [0, 0.1) is 5.92 Å². The number of hydrogen-bond donors (Lipinski definition) is 1. The van der Waals surface area contributed by atoms with Crippen LogP contribution < -0.4 is 5.32 Å². The van der Waals surface area contributed by atoms with Gasteiger partial charge in [0.25, 0.3) is 11.8 Å². The predicted octanol–water partition coefficient (Wildman–Crippen LogP) is 2.73. The van der Waals surface area contributed by atoms with Crippen molar-refractivity contribution in [2.45, 2.75) is 19.9 Å². The number of esters is 1. The van der Waals surface area contributed by atoms with E-state index in [9.17, 15) is 19.2 Å². The van der Waals surface area contributed by atoms with Crippen LogP contribution in [0.4, 0.5) is 5.69 Å². The summed E-state index contributed by atoms with van der Waals surface area (Å²) in [6.07, 6.45) is 0. The zero-order chi connectivity index (χ0) is 20.4. The van der Waals surface area contributed by atoms with Gasteiger partial charge in [-0.05, 0) is 42.3 Å². The molecule has 0 spiro atoms. The highest BCUT2D eigenvalue weighted by atomic mass is 16.5. The van der Waals surface area contributed by atoms with Gasteiger partial charge >= 0.3 is 5.97 Å². The lowest BCUT2D eigenvalue weighted by molar-refractivity contribution is -0.121. The molecular formula is C21H20N2O5. The molecule has 1 atom stereocenters. The molecule has 28 heavy (non-hydrogen) atoms. The Morgan fingerprint density at radius 3 is 1.93 bits per heavy atom. The maximum Gasteiger partial charge on any atom is 0.337 e. The quantitative estimate of drug-likeness (QED) is 0.636. The molecule has 2 aromatic carbocycles. The Balaban J connectivity index is 1.83. The van der Waals surface area contributed by atoms with Crippen LogP contribution >= 0.6 is 0 Å². The number of benzene rings is 2. The number of methoxy groups -OCH3 is 1. The zero-order valence-electron chi connectivity index (χ0n) is 15.8. The minimum atomic E-state index is -0.965. The molecule has 3 rings (SSSR count). The second-order valence-corrected chi connectivity index (χ2v) is 6.77. The average molecular weight is 380 g/mol. The van der Waals surface area contributed by atoms with Crippen molar-refractivity contribution in [1.29, 1.82) is 0 Å². The van der Waals surface area contributed by atoms with Crippen molar-refractivity contribution in [2.75, 3.05) is 12.4 Å². The predicted molar refractivity (Wildman–Crippen MR) is 102 cm³/mol. The molecular weight excluding hydrogens is 360 g/mol. The van der Waals surface area contributed by atoms with Crippen LogP contribution in [0.2, 0.25) is 0 Å². The van der Waals surface area contributed by atoms with Gasteiger partial charge in [0, 0.05) is 5.69 Å². The number of nitrogens with zero attached hydrogens (tertiary/aromatic N) is 1. The number of amides is 3. The fourth-order valence-corrected chi connectivity index (χ4v) is 3.20. The van der Waals surface area contributed by atoms with Crippen LogP contribution in [0.3, 0.4) is 0 Å². The molecule has 0 aliphatic carbocycles. The third-order valence-corrected chi connectivity index (χ3v) is 4.58. The maximum atomic E-state index is 12.9. The van der Waals surface area contributed by atoms with E-state index in [1.807, 2.05) is 0 Å². The van der Waals surface area contributed by atoms with Crippen LogP contribution in [-0.2, 0) is 9.53 Å².